The number of carbonyl (C=O) groups is 2. The number of hydrogen-bond acceptors (Lipinski definition) is 3. The highest BCUT2D eigenvalue weighted by molar-refractivity contribution is 7.99. The van der Waals surface area contributed by atoms with Gasteiger partial charge in [-0.15, -0.1) is 11.8 Å². The van der Waals surface area contributed by atoms with E-state index in [1.807, 2.05) is 12.1 Å². The van der Waals surface area contributed by atoms with Crippen LogP contribution in [0.4, 0.5) is 0 Å². The molecule has 0 spiro atoms. The summed E-state index contributed by atoms with van der Waals surface area (Å²) >= 11 is 1.48. The molecule has 1 atom stereocenters. The molecule has 0 unspecified atom stereocenters. The lowest BCUT2D eigenvalue weighted by Crippen LogP contribution is -2.41. The third-order valence-electron chi connectivity index (χ3n) is 3.45. The van der Waals surface area contributed by atoms with Crippen LogP contribution in [-0.4, -0.2) is 39.6 Å². The summed E-state index contributed by atoms with van der Waals surface area (Å²) in [7, 11) is 0. The fraction of sp³-hybridized carbons (Fsp3) is 0.467. The van der Waals surface area contributed by atoms with Crippen molar-refractivity contribution in [1.29, 1.82) is 0 Å². The van der Waals surface area contributed by atoms with Gasteiger partial charge < -0.3 is 10.0 Å². The van der Waals surface area contributed by atoms with Gasteiger partial charge in [0, 0.05) is 11.3 Å². The summed E-state index contributed by atoms with van der Waals surface area (Å²) < 4.78 is 0. The first-order valence-electron chi connectivity index (χ1n) is 6.84. The quantitative estimate of drug-likeness (QED) is 0.906. The molecule has 1 aliphatic heterocycles. The normalized spacial score (nSPS) is 18.2. The number of carboxylic acids is 1. The zero-order valence-electron chi connectivity index (χ0n) is 11.5. The lowest BCUT2D eigenvalue weighted by atomic mass is 10.1. The Morgan fingerprint density at radius 3 is 2.65 bits per heavy atom. The highest BCUT2D eigenvalue weighted by Crippen LogP contribution is 2.23. The van der Waals surface area contributed by atoms with Gasteiger partial charge in [-0.3, -0.25) is 4.79 Å². The van der Waals surface area contributed by atoms with Crippen LogP contribution in [0.5, 0.6) is 0 Å². The first kappa shape index (κ1) is 14.9. The zero-order chi connectivity index (χ0) is 14.5. The summed E-state index contributed by atoms with van der Waals surface area (Å²) in [6.45, 7) is 2.15. The van der Waals surface area contributed by atoms with Gasteiger partial charge in [-0.1, -0.05) is 25.5 Å². The molecule has 1 aliphatic rings. The van der Waals surface area contributed by atoms with Gasteiger partial charge in [-0.05, 0) is 30.5 Å². The molecule has 1 aromatic carbocycles. The molecule has 0 saturated carbocycles. The number of carbonyl (C=O) groups excluding carboxylic acids is 1. The molecule has 0 aromatic heterocycles. The predicted octanol–water partition coefficient (Wildman–Crippen LogP) is 2.63. The number of nitrogens with zero attached hydrogens (tertiary/aromatic N) is 1. The molecule has 0 radical (unpaired) electrons. The van der Waals surface area contributed by atoms with E-state index in [9.17, 15) is 9.59 Å². The number of unbranched alkanes of at least 4 members (excludes halogenated alkanes) is 1. The smallest absolute Gasteiger partial charge is 0.327 e. The fourth-order valence-electron chi connectivity index (χ4n) is 2.21. The Morgan fingerprint density at radius 2 is 2.05 bits per heavy atom. The summed E-state index contributed by atoms with van der Waals surface area (Å²) in [4.78, 5) is 24.9. The second-order valence-electron chi connectivity index (χ2n) is 4.93. The average Bonchev–Trinajstić information content (AvgIpc) is 2.94. The van der Waals surface area contributed by atoms with Gasteiger partial charge >= 0.3 is 5.97 Å². The van der Waals surface area contributed by atoms with E-state index in [0.29, 0.717) is 17.2 Å². The zero-order valence-corrected chi connectivity index (χ0v) is 12.4. The summed E-state index contributed by atoms with van der Waals surface area (Å²) in [5.74, 6) is -0.199. The Balaban J connectivity index is 2.07. The van der Waals surface area contributed by atoms with Crippen molar-refractivity contribution >= 4 is 23.6 Å². The molecule has 2 rings (SSSR count). The maximum atomic E-state index is 12.3. The molecule has 0 bridgehead atoms. The van der Waals surface area contributed by atoms with Crippen LogP contribution in [0.25, 0.3) is 0 Å². The number of amides is 1. The van der Waals surface area contributed by atoms with Gasteiger partial charge in [-0.2, -0.15) is 0 Å². The van der Waals surface area contributed by atoms with Crippen LogP contribution >= 0.6 is 11.8 Å². The second kappa shape index (κ2) is 6.79. The number of hydrogen-bond donors (Lipinski definition) is 1. The van der Waals surface area contributed by atoms with Crippen LogP contribution in [0.1, 0.15) is 35.7 Å². The van der Waals surface area contributed by atoms with E-state index in [2.05, 4.69) is 6.92 Å². The van der Waals surface area contributed by atoms with E-state index in [4.69, 9.17) is 5.11 Å². The van der Waals surface area contributed by atoms with Crippen molar-refractivity contribution < 1.29 is 14.7 Å². The molecule has 20 heavy (non-hydrogen) atoms. The number of aryl methyl sites for hydroxylation is 1. The molecule has 4 nitrogen and oxygen atoms in total. The van der Waals surface area contributed by atoms with Crippen molar-refractivity contribution in [2.24, 2.45) is 0 Å². The topological polar surface area (TPSA) is 57.6 Å². The first-order chi connectivity index (χ1) is 9.63. The van der Waals surface area contributed by atoms with Crippen LogP contribution < -0.4 is 0 Å². The minimum atomic E-state index is -0.928. The number of aliphatic carboxylic acids is 1. The van der Waals surface area contributed by atoms with Gasteiger partial charge in [0.25, 0.3) is 5.91 Å². The highest BCUT2D eigenvalue weighted by atomic mass is 32.2. The van der Waals surface area contributed by atoms with Crippen molar-refractivity contribution in [3.63, 3.8) is 0 Å². The van der Waals surface area contributed by atoms with Gasteiger partial charge in [0.2, 0.25) is 0 Å². The Labute approximate surface area is 123 Å². The van der Waals surface area contributed by atoms with Crippen molar-refractivity contribution in [3.8, 4) is 0 Å². The minimum Gasteiger partial charge on any atom is -0.480 e. The largest absolute Gasteiger partial charge is 0.480 e. The van der Waals surface area contributed by atoms with Crippen LogP contribution in [0, 0.1) is 0 Å². The maximum Gasteiger partial charge on any atom is 0.327 e. The molecule has 108 valence electrons. The Bertz CT molecular complexity index is 486. The molecule has 0 aliphatic carbocycles. The van der Waals surface area contributed by atoms with Gasteiger partial charge in [-0.25, -0.2) is 4.79 Å². The minimum absolute atomic E-state index is 0.190. The van der Waals surface area contributed by atoms with Gasteiger partial charge in [0.05, 0.1) is 5.88 Å². The van der Waals surface area contributed by atoms with Gasteiger partial charge in [0.15, 0.2) is 0 Å². The summed E-state index contributed by atoms with van der Waals surface area (Å²) in [6, 6.07) is 6.82. The molecular weight excluding hydrogens is 274 g/mol. The number of carboxylic acid groups (broad SMARTS) is 1. The van der Waals surface area contributed by atoms with Crippen molar-refractivity contribution in [2.75, 3.05) is 11.6 Å². The third-order valence-corrected chi connectivity index (χ3v) is 4.46. The number of benzene rings is 1. The lowest BCUT2D eigenvalue weighted by Gasteiger charge is -2.20. The number of thioether (sulfide) groups is 1. The summed E-state index contributed by atoms with van der Waals surface area (Å²) in [6.07, 6.45) is 3.30. The third kappa shape index (κ3) is 3.33. The maximum absolute atomic E-state index is 12.3. The highest BCUT2D eigenvalue weighted by Gasteiger charge is 2.34. The molecule has 5 heteroatoms. The molecule has 1 N–H and O–H groups in total. The van der Waals surface area contributed by atoms with Crippen molar-refractivity contribution in [3.05, 3.63) is 35.4 Å². The standard InChI is InChI=1S/C15H19NO3S/c1-2-3-4-11-5-7-12(8-6-11)14(17)16-10-20-9-13(16)15(18)19/h5-8,13H,2-4,9-10H2,1H3,(H,18,19)/t13-/m1/s1. The summed E-state index contributed by atoms with van der Waals surface area (Å²) in [5.41, 5.74) is 1.79. The Hall–Kier alpha value is -1.49. The molecule has 1 aromatic rings. The molecule has 1 amide bonds. The van der Waals surface area contributed by atoms with Crippen LogP contribution in [0.2, 0.25) is 0 Å². The van der Waals surface area contributed by atoms with E-state index < -0.39 is 12.0 Å². The molecular formula is C15H19NO3S. The van der Waals surface area contributed by atoms with Gasteiger partial charge in [0.1, 0.15) is 6.04 Å². The van der Waals surface area contributed by atoms with E-state index in [1.165, 1.54) is 22.2 Å². The second-order valence-corrected chi connectivity index (χ2v) is 5.93. The first-order valence-corrected chi connectivity index (χ1v) is 7.99. The average molecular weight is 293 g/mol. The van der Waals surface area contributed by atoms with E-state index in [1.54, 1.807) is 12.1 Å². The van der Waals surface area contributed by atoms with E-state index in [-0.39, 0.29) is 5.91 Å². The number of rotatable bonds is 5. The predicted molar refractivity (Wildman–Crippen MR) is 80.0 cm³/mol. The SMILES string of the molecule is CCCCc1ccc(C(=O)N2CSC[C@@H]2C(=O)O)cc1. The summed E-state index contributed by atoms with van der Waals surface area (Å²) in [5, 5.41) is 9.11. The van der Waals surface area contributed by atoms with E-state index in [0.717, 1.165) is 19.3 Å². The van der Waals surface area contributed by atoms with E-state index >= 15 is 0 Å². The van der Waals surface area contributed by atoms with Crippen molar-refractivity contribution in [1.82, 2.24) is 4.90 Å². The monoisotopic (exact) mass is 293 g/mol. The van der Waals surface area contributed by atoms with Crippen LogP contribution in [-0.2, 0) is 11.2 Å². The Kier molecular flexibility index (Phi) is 5.06. The molecule has 1 heterocycles. The fourth-order valence-corrected chi connectivity index (χ4v) is 3.35. The lowest BCUT2D eigenvalue weighted by molar-refractivity contribution is -0.140. The Morgan fingerprint density at radius 1 is 1.35 bits per heavy atom. The molecule has 1 fully saturated rings. The molecule has 1 saturated heterocycles. The van der Waals surface area contributed by atoms with Crippen LogP contribution in [0.15, 0.2) is 24.3 Å². The van der Waals surface area contributed by atoms with Crippen LogP contribution in [0.3, 0.4) is 0 Å². The van der Waals surface area contributed by atoms with Crippen molar-refractivity contribution in [2.45, 2.75) is 32.2 Å².